The lowest BCUT2D eigenvalue weighted by atomic mass is 9.93. The van der Waals surface area contributed by atoms with E-state index in [4.69, 9.17) is 4.74 Å². The Kier molecular flexibility index (Phi) is 4.21. The number of pyridine rings is 1. The molecule has 0 aromatic carbocycles. The molecule has 0 aliphatic carbocycles. The van der Waals surface area contributed by atoms with E-state index in [1.165, 1.54) is 5.56 Å². The zero-order valence-electron chi connectivity index (χ0n) is 11.5. The first-order chi connectivity index (χ1) is 8.54. The van der Waals surface area contributed by atoms with Crippen molar-refractivity contribution in [3.63, 3.8) is 0 Å². The van der Waals surface area contributed by atoms with Crippen LogP contribution in [-0.2, 0) is 4.74 Å². The van der Waals surface area contributed by atoms with Crippen molar-refractivity contribution < 1.29 is 4.74 Å². The highest BCUT2D eigenvalue weighted by molar-refractivity contribution is 6.83. The summed E-state index contributed by atoms with van der Waals surface area (Å²) in [5, 5.41) is 0. The third-order valence-corrected chi connectivity index (χ3v) is 3.92. The zero-order valence-corrected chi connectivity index (χ0v) is 12.5. The van der Waals surface area contributed by atoms with Crippen molar-refractivity contribution in [2.75, 3.05) is 13.2 Å². The summed E-state index contributed by atoms with van der Waals surface area (Å²) in [5.41, 5.74) is 5.57. The van der Waals surface area contributed by atoms with Crippen LogP contribution in [0.4, 0.5) is 0 Å². The summed E-state index contributed by atoms with van der Waals surface area (Å²) in [7, 11) is -1.30. The average molecular weight is 259 g/mol. The first-order valence-corrected chi connectivity index (χ1v) is 10.1. The van der Waals surface area contributed by atoms with Gasteiger partial charge in [0.05, 0.1) is 0 Å². The maximum Gasteiger partial charge on any atom is 0.129 e. The van der Waals surface area contributed by atoms with E-state index in [1.807, 2.05) is 6.20 Å². The van der Waals surface area contributed by atoms with Crippen LogP contribution >= 0.6 is 0 Å². The molecule has 0 saturated carbocycles. The summed E-state index contributed by atoms with van der Waals surface area (Å²) in [6.07, 6.45) is 4.22. The minimum absolute atomic E-state index is 0.616. The standard InChI is InChI=1S/C15H21NOSi/c1-18(2,3)11-8-15-5-4-14(12-16-15)13-6-9-17-10-7-13/h4-5,12-13H,6-7,9-10H2,1-3H3. The molecule has 0 amide bonds. The molecule has 2 heterocycles. The van der Waals surface area contributed by atoms with Gasteiger partial charge in [-0.2, -0.15) is 0 Å². The predicted octanol–water partition coefficient (Wildman–Crippen LogP) is 3.20. The number of rotatable bonds is 1. The van der Waals surface area contributed by atoms with Crippen molar-refractivity contribution in [1.82, 2.24) is 4.98 Å². The second kappa shape index (κ2) is 5.68. The number of hydrogen-bond donors (Lipinski definition) is 0. The Bertz CT molecular complexity index is 444. The van der Waals surface area contributed by atoms with Crippen LogP contribution in [0.25, 0.3) is 0 Å². The predicted molar refractivity (Wildman–Crippen MR) is 77.3 cm³/mol. The highest BCUT2D eigenvalue weighted by Gasteiger charge is 2.15. The molecule has 0 spiro atoms. The van der Waals surface area contributed by atoms with Gasteiger partial charge in [-0.15, -0.1) is 5.54 Å². The van der Waals surface area contributed by atoms with E-state index in [-0.39, 0.29) is 0 Å². The van der Waals surface area contributed by atoms with Crippen LogP contribution in [0, 0.1) is 11.5 Å². The van der Waals surface area contributed by atoms with Gasteiger partial charge in [-0.3, -0.25) is 0 Å². The largest absolute Gasteiger partial charge is 0.381 e. The van der Waals surface area contributed by atoms with Crippen molar-refractivity contribution in [2.45, 2.75) is 38.4 Å². The van der Waals surface area contributed by atoms with Gasteiger partial charge in [0.1, 0.15) is 13.8 Å². The van der Waals surface area contributed by atoms with Crippen LogP contribution in [0.1, 0.15) is 30.0 Å². The van der Waals surface area contributed by atoms with Gasteiger partial charge in [-0.1, -0.05) is 31.6 Å². The Hall–Kier alpha value is -1.11. The summed E-state index contributed by atoms with van der Waals surface area (Å²) in [5.74, 6) is 3.81. The third-order valence-electron chi connectivity index (χ3n) is 3.04. The quantitative estimate of drug-likeness (QED) is 0.571. The van der Waals surface area contributed by atoms with Crippen LogP contribution in [0.2, 0.25) is 19.6 Å². The molecule has 1 aliphatic heterocycles. The van der Waals surface area contributed by atoms with E-state index < -0.39 is 8.07 Å². The van der Waals surface area contributed by atoms with E-state index in [0.717, 1.165) is 31.7 Å². The fourth-order valence-corrected chi connectivity index (χ4v) is 2.51. The molecule has 0 N–H and O–H groups in total. The molecule has 0 unspecified atom stereocenters. The molecule has 0 atom stereocenters. The topological polar surface area (TPSA) is 22.1 Å². The Morgan fingerprint density at radius 1 is 1.22 bits per heavy atom. The van der Waals surface area contributed by atoms with Crippen LogP contribution < -0.4 is 0 Å². The molecular formula is C15H21NOSi. The van der Waals surface area contributed by atoms with E-state index in [2.05, 4.69) is 48.2 Å². The average Bonchev–Trinajstić information content (AvgIpc) is 2.37. The smallest absolute Gasteiger partial charge is 0.129 e. The highest BCUT2D eigenvalue weighted by atomic mass is 28.3. The summed E-state index contributed by atoms with van der Waals surface area (Å²) >= 11 is 0. The fourth-order valence-electron chi connectivity index (χ4n) is 2.00. The van der Waals surface area contributed by atoms with Gasteiger partial charge < -0.3 is 4.74 Å². The molecule has 18 heavy (non-hydrogen) atoms. The monoisotopic (exact) mass is 259 g/mol. The number of hydrogen-bond acceptors (Lipinski definition) is 2. The maximum absolute atomic E-state index is 5.38. The lowest BCUT2D eigenvalue weighted by Crippen LogP contribution is -2.16. The normalized spacial score (nSPS) is 17.1. The van der Waals surface area contributed by atoms with Crippen LogP contribution in [0.5, 0.6) is 0 Å². The zero-order chi connectivity index (χ0) is 13.0. The van der Waals surface area contributed by atoms with Gasteiger partial charge in [0.25, 0.3) is 0 Å². The van der Waals surface area contributed by atoms with Gasteiger partial charge >= 0.3 is 0 Å². The summed E-state index contributed by atoms with van der Waals surface area (Å²) in [6.45, 7) is 8.49. The van der Waals surface area contributed by atoms with Crippen LogP contribution in [-0.4, -0.2) is 26.3 Å². The first-order valence-electron chi connectivity index (χ1n) is 6.61. The third kappa shape index (κ3) is 3.97. The summed E-state index contributed by atoms with van der Waals surface area (Å²) in [6, 6.07) is 4.23. The van der Waals surface area contributed by atoms with Crippen LogP contribution in [0.3, 0.4) is 0 Å². The van der Waals surface area contributed by atoms with Gasteiger partial charge in [0.15, 0.2) is 0 Å². The fraction of sp³-hybridized carbons (Fsp3) is 0.533. The summed E-state index contributed by atoms with van der Waals surface area (Å²) in [4.78, 5) is 4.46. The van der Waals surface area contributed by atoms with E-state index in [9.17, 15) is 0 Å². The SMILES string of the molecule is C[Si](C)(C)C#Cc1ccc(C2CCOCC2)cn1. The molecule has 2 nitrogen and oxygen atoms in total. The Balaban J connectivity index is 2.07. The minimum Gasteiger partial charge on any atom is -0.381 e. The molecule has 0 radical (unpaired) electrons. The van der Waals surface area contributed by atoms with Crippen molar-refractivity contribution in [2.24, 2.45) is 0 Å². The van der Waals surface area contributed by atoms with Gasteiger partial charge in [0, 0.05) is 19.4 Å². The second-order valence-corrected chi connectivity index (χ2v) is 10.6. The molecule has 1 aliphatic rings. The Labute approximate surface area is 111 Å². The molecule has 1 saturated heterocycles. The number of aromatic nitrogens is 1. The van der Waals surface area contributed by atoms with Crippen molar-refractivity contribution in [3.8, 4) is 11.5 Å². The molecule has 1 aromatic rings. The van der Waals surface area contributed by atoms with Gasteiger partial charge in [0.2, 0.25) is 0 Å². The highest BCUT2D eigenvalue weighted by Crippen LogP contribution is 2.25. The van der Waals surface area contributed by atoms with Gasteiger partial charge in [-0.25, -0.2) is 4.98 Å². The van der Waals surface area contributed by atoms with E-state index >= 15 is 0 Å². The molecule has 96 valence electrons. The Morgan fingerprint density at radius 2 is 1.94 bits per heavy atom. The molecule has 1 aromatic heterocycles. The molecule has 1 fully saturated rings. The van der Waals surface area contributed by atoms with Crippen molar-refractivity contribution in [3.05, 3.63) is 29.6 Å². The van der Waals surface area contributed by atoms with E-state index in [1.54, 1.807) is 0 Å². The minimum atomic E-state index is -1.30. The molecule has 2 rings (SSSR count). The Morgan fingerprint density at radius 3 is 2.50 bits per heavy atom. The number of ether oxygens (including phenoxy) is 1. The second-order valence-electron chi connectivity index (χ2n) is 5.86. The lowest BCUT2D eigenvalue weighted by Gasteiger charge is -2.21. The van der Waals surface area contributed by atoms with Crippen molar-refractivity contribution in [1.29, 1.82) is 0 Å². The number of nitrogens with zero attached hydrogens (tertiary/aromatic N) is 1. The van der Waals surface area contributed by atoms with Gasteiger partial charge in [-0.05, 0) is 30.4 Å². The molecule has 3 heteroatoms. The lowest BCUT2D eigenvalue weighted by molar-refractivity contribution is 0.0853. The maximum atomic E-state index is 5.38. The van der Waals surface area contributed by atoms with E-state index in [0.29, 0.717) is 5.92 Å². The molecular weight excluding hydrogens is 238 g/mol. The molecule has 0 bridgehead atoms. The summed E-state index contributed by atoms with van der Waals surface area (Å²) < 4.78 is 5.38. The van der Waals surface area contributed by atoms with Crippen LogP contribution in [0.15, 0.2) is 18.3 Å². The van der Waals surface area contributed by atoms with Crippen molar-refractivity contribution >= 4 is 8.07 Å². The first kappa shape index (κ1) is 13.3.